The van der Waals surface area contributed by atoms with Gasteiger partial charge in [0.2, 0.25) is 10.0 Å². The monoisotopic (exact) mass is 310 g/mol. The summed E-state index contributed by atoms with van der Waals surface area (Å²) in [4.78, 5) is 4.23. The third-order valence-electron chi connectivity index (χ3n) is 2.93. The molecule has 0 aliphatic heterocycles. The van der Waals surface area contributed by atoms with Crippen molar-refractivity contribution in [2.75, 3.05) is 7.05 Å². The molecule has 0 saturated carbocycles. The van der Waals surface area contributed by atoms with Crippen LogP contribution in [0.15, 0.2) is 53.7 Å². The third-order valence-corrected chi connectivity index (χ3v) is 5.12. The van der Waals surface area contributed by atoms with Crippen LogP contribution in [0.2, 0.25) is 0 Å². The van der Waals surface area contributed by atoms with Gasteiger partial charge in [0.1, 0.15) is 0 Å². The van der Waals surface area contributed by atoms with Gasteiger partial charge in [0.15, 0.2) is 0 Å². The number of benzene rings is 1. The van der Waals surface area contributed by atoms with Crippen LogP contribution in [0, 0.1) is 0 Å². The van der Waals surface area contributed by atoms with Crippen molar-refractivity contribution in [3.63, 3.8) is 0 Å². The number of rotatable bonds is 5. The van der Waals surface area contributed by atoms with Crippen molar-refractivity contribution in [2.45, 2.75) is 17.3 Å². The van der Waals surface area contributed by atoms with E-state index >= 15 is 0 Å². The van der Waals surface area contributed by atoms with Crippen LogP contribution in [0.1, 0.15) is 11.1 Å². The number of hydrogen-bond acceptors (Lipinski definition) is 3. The Morgan fingerprint density at radius 3 is 2.60 bits per heavy atom. The van der Waals surface area contributed by atoms with Gasteiger partial charge in [0, 0.05) is 31.9 Å². The molecule has 0 bridgehead atoms. The Labute approximate surface area is 124 Å². The van der Waals surface area contributed by atoms with Crippen LogP contribution in [0.3, 0.4) is 0 Å². The smallest absolute Gasteiger partial charge is 0.243 e. The van der Waals surface area contributed by atoms with E-state index in [0.29, 0.717) is 5.56 Å². The van der Waals surface area contributed by atoms with Crippen LogP contribution in [-0.2, 0) is 22.4 Å². The van der Waals surface area contributed by atoms with E-state index in [0.717, 1.165) is 5.56 Å². The Hall–Kier alpha value is -1.43. The molecule has 1 heterocycles. The molecule has 1 aromatic heterocycles. The maximum absolute atomic E-state index is 12.6. The van der Waals surface area contributed by atoms with Crippen LogP contribution in [-0.4, -0.2) is 24.8 Å². The number of sulfonamides is 1. The molecular formula is C14H15ClN2O2S. The van der Waals surface area contributed by atoms with E-state index in [1.165, 1.54) is 4.31 Å². The molecule has 2 aromatic rings. The first-order chi connectivity index (χ1) is 9.55. The fourth-order valence-electron chi connectivity index (χ4n) is 1.87. The Morgan fingerprint density at radius 2 is 1.95 bits per heavy atom. The van der Waals surface area contributed by atoms with Crippen LogP contribution in [0.25, 0.3) is 0 Å². The zero-order chi connectivity index (χ0) is 14.6. The van der Waals surface area contributed by atoms with Gasteiger partial charge in [0.05, 0.1) is 4.90 Å². The lowest BCUT2D eigenvalue weighted by Gasteiger charge is -2.18. The summed E-state index contributed by atoms with van der Waals surface area (Å²) < 4.78 is 26.4. The Morgan fingerprint density at radius 1 is 1.20 bits per heavy atom. The average Bonchev–Trinajstić information content (AvgIpc) is 2.48. The van der Waals surface area contributed by atoms with Crippen LogP contribution < -0.4 is 0 Å². The number of alkyl halides is 1. The molecule has 6 heteroatoms. The predicted molar refractivity (Wildman–Crippen MR) is 78.9 cm³/mol. The van der Waals surface area contributed by atoms with Crippen molar-refractivity contribution in [2.24, 2.45) is 0 Å². The maximum atomic E-state index is 12.6. The fourth-order valence-corrected chi connectivity index (χ4v) is 3.56. The van der Waals surface area contributed by atoms with E-state index in [9.17, 15) is 8.42 Å². The largest absolute Gasteiger partial charge is 0.264 e. The minimum atomic E-state index is -3.56. The van der Waals surface area contributed by atoms with E-state index < -0.39 is 10.0 Å². The van der Waals surface area contributed by atoms with Gasteiger partial charge in [0.25, 0.3) is 0 Å². The molecule has 2 rings (SSSR count). The molecule has 0 spiro atoms. The minimum Gasteiger partial charge on any atom is -0.264 e. The highest BCUT2D eigenvalue weighted by Crippen LogP contribution is 2.21. The Bertz CT molecular complexity index is 675. The second kappa shape index (κ2) is 6.35. The summed E-state index contributed by atoms with van der Waals surface area (Å²) in [7, 11) is -2.01. The van der Waals surface area contributed by atoms with Crippen molar-refractivity contribution < 1.29 is 8.42 Å². The van der Waals surface area contributed by atoms with Crippen molar-refractivity contribution in [3.8, 4) is 0 Å². The lowest BCUT2D eigenvalue weighted by Crippen LogP contribution is -2.27. The number of nitrogens with zero attached hydrogens (tertiary/aromatic N) is 2. The number of hydrogen-bond donors (Lipinski definition) is 0. The average molecular weight is 311 g/mol. The minimum absolute atomic E-state index is 0.163. The van der Waals surface area contributed by atoms with Gasteiger partial charge in [-0.2, -0.15) is 4.31 Å². The van der Waals surface area contributed by atoms with Gasteiger partial charge in [-0.15, -0.1) is 11.6 Å². The van der Waals surface area contributed by atoms with Crippen molar-refractivity contribution in [1.29, 1.82) is 0 Å². The van der Waals surface area contributed by atoms with Gasteiger partial charge in [-0.1, -0.05) is 24.3 Å². The van der Waals surface area contributed by atoms with E-state index in [4.69, 9.17) is 11.6 Å². The summed E-state index contributed by atoms with van der Waals surface area (Å²) in [6, 6.07) is 10.4. The topological polar surface area (TPSA) is 50.3 Å². The van der Waals surface area contributed by atoms with E-state index in [1.807, 2.05) is 6.07 Å². The lowest BCUT2D eigenvalue weighted by molar-refractivity contribution is 0.465. The third kappa shape index (κ3) is 3.17. The van der Waals surface area contributed by atoms with E-state index in [2.05, 4.69) is 4.98 Å². The van der Waals surface area contributed by atoms with Crippen molar-refractivity contribution >= 4 is 21.6 Å². The van der Waals surface area contributed by atoms with Gasteiger partial charge in [-0.3, -0.25) is 4.98 Å². The molecule has 0 atom stereocenters. The van der Waals surface area contributed by atoms with Gasteiger partial charge < -0.3 is 0 Å². The summed E-state index contributed by atoms with van der Waals surface area (Å²) in [5.74, 6) is 0.163. The van der Waals surface area contributed by atoms with Crippen molar-refractivity contribution in [3.05, 3.63) is 59.9 Å². The van der Waals surface area contributed by atoms with Crippen molar-refractivity contribution in [1.82, 2.24) is 9.29 Å². The Balaban J connectivity index is 2.30. The second-order valence-corrected chi connectivity index (χ2v) is 6.64. The molecular weight excluding hydrogens is 296 g/mol. The summed E-state index contributed by atoms with van der Waals surface area (Å²) >= 11 is 5.81. The molecule has 106 valence electrons. The molecule has 0 amide bonds. The molecule has 0 radical (unpaired) electrons. The normalized spacial score (nSPS) is 11.8. The molecule has 1 aromatic carbocycles. The van der Waals surface area contributed by atoms with Crippen LogP contribution >= 0.6 is 11.6 Å². The maximum Gasteiger partial charge on any atom is 0.243 e. The zero-order valence-electron chi connectivity index (χ0n) is 11.0. The van der Waals surface area contributed by atoms with E-state index in [1.54, 1.807) is 49.8 Å². The molecule has 0 aliphatic rings. The molecule has 20 heavy (non-hydrogen) atoms. The number of halogens is 1. The van der Waals surface area contributed by atoms with Gasteiger partial charge in [-0.25, -0.2) is 8.42 Å². The molecule has 0 N–H and O–H groups in total. The zero-order valence-corrected chi connectivity index (χ0v) is 12.6. The SMILES string of the molecule is CN(Cc1cccnc1)S(=O)(=O)c1ccccc1CCl. The standard InChI is InChI=1S/C14H15ClN2O2S/c1-17(11-12-5-4-8-16-10-12)20(18,19)14-7-3-2-6-13(14)9-15/h2-8,10H,9,11H2,1H3. The molecule has 0 fully saturated rings. The van der Waals surface area contributed by atoms with Crippen LogP contribution in [0.4, 0.5) is 0 Å². The van der Waals surface area contributed by atoms with E-state index in [-0.39, 0.29) is 17.3 Å². The predicted octanol–water partition coefficient (Wildman–Crippen LogP) is 2.64. The first kappa shape index (κ1) is 15.0. The van der Waals surface area contributed by atoms with Gasteiger partial charge >= 0.3 is 0 Å². The molecule has 0 unspecified atom stereocenters. The highest BCUT2D eigenvalue weighted by atomic mass is 35.5. The molecule has 0 aliphatic carbocycles. The first-order valence-electron chi connectivity index (χ1n) is 6.05. The summed E-state index contributed by atoms with van der Waals surface area (Å²) in [5.41, 5.74) is 1.44. The van der Waals surface area contributed by atoms with Crippen LogP contribution in [0.5, 0.6) is 0 Å². The highest BCUT2D eigenvalue weighted by Gasteiger charge is 2.23. The Kier molecular flexibility index (Phi) is 4.75. The summed E-state index contributed by atoms with van der Waals surface area (Å²) in [5, 5.41) is 0. The van der Waals surface area contributed by atoms with Gasteiger partial charge in [-0.05, 0) is 23.3 Å². The fraction of sp³-hybridized carbons (Fsp3) is 0.214. The second-order valence-electron chi connectivity index (χ2n) is 4.36. The first-order valence-corrected chi connectivity index (χ1v) is 8.02. The lowest BCUT2D eigenvalue weighted by atomic mass is 10.2. The summed E-state index contributed by atoms with van der Waals surface area (Å²) in [6.45, 7) is 0.271. The number of pyridine rings is 1. The highest BCUT2D eigenvalue weighted by molar-refractivity contribution is 7.89. The quantitative estimate of drug-likeness (QED) is 0.798. The molecule has 4 nitrogen and oxygen atoms in total. The summed E-state index contributed by atoms with van der Waals surface area (Å²) in [6.07, 6.45) is 3.31. The molecule has 0 saturated heterocycles. The number of aromatic nitrogens is 1.